The average molecular weight is 351 g/mol. The second-order valence-electron chi connectivity index (χ2n) is 6.62. The molecule has 0 aliphatic carbocycles. The summed E-state index contributed by atoms with van der Waals surface area (Å²) in [4.78, 5) is 9.34. The van der Waals surface area contributed by atoms with Crippen LogP contribution in [0.4, 0.5) is 10.2 Å². The van der Waals surface area contributed by atoms with Gasteiger partial charge in [0.1, 0.15) is 11.6 Å². The Balaban J connectivity index is 1.52. The van der Waals surface area contributed by atoms with Crippen molar-refractivity contribution in [3.8, 4) is 11.1 Å². The van der Waals surface area contributed by atoms with Crippen LogP contribution in [-0.2, 0) is 0 Å². The number of nitrogens with zero attached hydrogens (tertiary/aromatic N) is 4. The molecule has 5 nitrogen and oxygen atoms in total. The Morgan fingerprint density at radius 2 is 1.96 bits per heavy atom. The number of rotatable bonds is 4. The summed E-state index contributed by atoms with van der Waals surface area (Å²) in [7, 11) is 0. The van der Waals surface area contributed by atoms with Gasteiger partial charge in [0.25, 0.3) is 0 Å². The van der Waals surface area contributed by atoms with Crippen LogP contribution in [0.15, 0.2) is 55.0 Å². The molecule has 0 saturated carbocycles. The number of hydrogen-bond acceptors (Lipinski definition) is 4. The molecule has 0 radical (unpaired) electrons. The van der Waals surface area contributed by atoms with Crippen LogP contribution in [0.3, 0.4) is 0 Å². The van der Waals surface area contributed by atoms with E-state index in [-0.39, 0.29) is 5.82 Å². The van der Waals surface area contributed by atoms with Crippen LogP contribution in [0.5, 0.6) is 0 Å². The van der Waals surface area contributed by atoms with Crippen molar-refractivity contribution in [1.82, 2.24) is 20.1 Å². The zero-order chi connectivity index (χ0) is 17.9. The van der Waals surface area contributed by atoms with Crippen molar-refractivity contribution in [3.63, 3.8) is 0 Å². The third-order valence-electron chi connectivity index (χ3n) is 5.09. The van der Waals surface area contributed by atoms with Gasteiger partial charge >= 0.3 is 0 Å². The minimum absolute atomic E-state index is 0.226. The number of benzene rings is 1. The molecule has 1 aliphatic heterocycles. The van der Waals surface area contributed by atoms with Crippen molar-refractivity contribution in [2.24, 2.45) is 0 Å². The fraction of sp³-hybridized carbons (Fsp3) is 0.300. The Labute approximate surface area is 152 Å². The van der Waals surface area contributed by atoms with Gasteiger partial charge in [-0.1, -0.05) is 12.1 Å². The molecular weight excluding hydrogens is 329 g/mol. The minimum Gasteiger partial charge on any atom is -0.354 e. The number of halogens is 1. The maximum atomic E-state index is 13.7. The van der Waals surface area contributed by atoms with E-state index in [0.29, 0.717) is 6.04 Å². The van der Waals surface area contributed by atoms with E-state index in [9.17, 15) is 4.39 Å². The predicted octanol–water partition coefficient (Wildman–Crippen LogP) is 3.49. The number of hydrogen-bond donors (Lipinski definition) is 1. The van der Waals surface area contributed by atoms with E-state index in [4.69, 9.17) is 0 Å². The third-order valence-corrected chi connectivity index (χ3v) is 5.09. The van der Waals surface area contributed by atoms with Gasteiger partial charge in [-0.05, 0) is 36.8 Å². The molecule has 1 unspecified atom stereocenters. The zero-order valence-electron chi connectivity index (χ0n) is 14.8. The van der Waals surface area contributed by atoms with Crippen LogP contribution >= 0.6 is 0 Å². The van der Waals surface area contributed by atoms with Gasteiger partial charge in [0, 0.05) is 55.7 Å². The predicted molar refractivity (Wildman–Crippen MR) is 100 cm³/mol. The lowest BCUT2D eigenvalue weighted by atomic mass is 10.1. The van der Waals surface area contributed by atoms with E-state index in [1.54, 1.807) is 18.3 Å². The summed E-state index contributed by atoms with van der Waals surface area (Å²) in [5, 5.41) is 6.94. The van der Waals surface area contributed by atoms with Crippen molar-refractivity contribution in [1.29, 1.82) is 0 Å². The second kappa shape index (κ2) is 7.25. The van der Waals surface area contributed by atoms with Crippen LogP contribution in [0.25, 0.3) is 11.1 Å². The molecule has 4 rings (SSSR count). The zero-order valence-corrected chi connectivity index (χ0v) is 14.8. The molecular formula is C20H22FN5. The Kier molecular flexibility index (Phi) is 4.67. The Morgan fingerprint density at radius 3 is 2.69 bits per heavy atom. The van der Waals surface area contributed by atoms with E-state index >= 15 is 0 Å². The smallest absolute Gasteiger partial charge is 0.136 e. The average Bonchev–Trinajstić information content (AvgIpc) is 3.22. The van der Waals surface area contributed by atoms with Gasteiger partial charge < -0.3 is 4.90 Å². The molecule has 1 aliphatic rings. The molecule has 1 fully saturated rings. The Hall–Kier alpha value is -2.73. The highest BCUT2D eigenvalue weighted by Gasteiger charge is 2.24. The maximum absolute atomic E-state index is 13.7. The number of nitrogens with one attached hydrogen (secondary N) is 1. The number of pyridine rings is 1. The van der Waals surface area contributed by atoms with Crippen molar-refractivity contribution < 1.29 is 4.39 Å². The molecule has 0 spiro atoms. The van der Waals surface area contributed by atoms with E-state index in [1.165, 1.54) is 11.6 Å². The van der Waals surface area contributed by atoms with Crippen LogP contribution in [0.2, 0.25) is 0 Å². The summed E-state index contributed by atoms with van der Waals surface area (Å²) in [6.45, 7) is 5.89. The topological polar surface area (TPSA) is 48.1 Å². The Bertz CT molecular complexity index is 856. The van der Waals surface area contributed by atoms with Gasteiger partial charge in [0.15, 0.2) is 0 Å². The molecule has 1 atom stereocenters. The molecule has 6 heteroatoms. The molecule has 0 amide bonds. The highest BCUT2D eigenvalue weighted by molar-refractivity contribution is 5.75. The van der Waals surface area contributed by atoms with E-state index in [0.717, 1.165) is 43.1 Å². The monoisotopic (exact) mass is 351 g/mol. The SMILES string of the molecule is CC(c1cn[nH]c1)N1CCN(c2ncccc2-c2cccc(F)c2)CC1. The molecule has 3 aromatic rings. The third kappa shape index (κ3) is 3.32. The lowest BCUT2D eigenvalue weighted by molar-refractivity contribution is 0.198. The fourth-order valence-corrected chi connectivity index (χ4v) is 3.55. The van der Waals surface area contributed by atoms with Crippen molar-refractivity contribution in [2.75, 3.05) is 31.1 Å². The molecule has 1 N–H and O–H groups in total. The summed E-state index contributed by atoms with van der Waals surface area (Å²) < 4.78 is 13.7. The first-order valence-corrected chi connectivity index (χ1v) is 8.91. The van der Waals surface area contributed by atoms with E-state index < -0.39 is 0 Å². The second-order valence-corrected chi connectivity index (χ2v) is 6.62. The first kappa shape index (κ1) is 16.7. The van der Waals surface area contributed by atoms with Gasteiger partial charge in [-0.15, -0.1) is 0 Å². The van der Waals surface area contributed by atoms with Gasteiger partial charge in [-0.3, -0.25) is 10.00 Å². The molecule has 26 heavy (non-hydrogen) atoms. The number of aromatic nitrogens is 3. The van der Waals surface area contributed by atoms with E-state index in [2.05, 4.69) is 31.9 Å². The lowest BCUT2D eigenvalue weighted by Crippen LogP contribution is -2.47. The summed E-state index contributed by atoms with van der Waals surface area (Å²) >= 11 is 0. The van der Waals surface area contributed by atoms with Gasteiger partial charge in [-0.2, -0.15) is 5.10 Å². The Morgan fingerprint density at radius 1 is 1.12 bits per heavy atom. The highest BCUT2D eigenvalue weighted by Crippen LogP contribution is 2.30. The van der Waals surface area contributed by atoms with Crippen LogP contribution in [0, 0.1) is 5.82 Å². The van der Waals surface area contributed by atoms with Crippen molar-refractivity contribution in [3.05, 3.63) is 66.4 Å². The molecule has 1 saturated heterocycles. The number of aromatic amines is 1. The summed E-state index contributed by atoms with van der Waals surface area (Å²) in [6.07, 6.45) is 5.65. The quantitative estimate of drug-likeness (QED) is 0.782. The maximum Gasteiger partial charge on any atom is 0.136 e. The highest BCUT2D eigenvalue weighted by atomic mass is 19.1. The van der Waals surface area contributed by atoms with Crippen LogP contribution in [-0.4, -0.2) is 46.3 Å². The lowest BCUT2D eigenvalue weighted by Gasteiger charge is -2.39. The van der Waals surface area contributed by atoms with Gasteiger partial charge in [0.2, 0.25) is 0 Å². The number of anilines is 1. The normalized spacial score (nSPS) is 16.6. The van der Waals surface area contributed by atoms with Crippen molar-refractivity contribution >= 4 is 5.82 Å². The van der Waals surface area contributed by atoms with Gasteiger partial charge in [0.05, 0.1) is 6.20 Å². The number of piperazine rings is 1. The summed E-state index contributed by atoms with van der Waals surface area (Å²) in [5.74, 6) is 0.699. The summed E-state index contributed by atoms with van der Waals surface area (Å²) in [6, 6.07) is 11.0. The van der Waals surface area contributed by atoms with Crippen LogP contribution in [0.1, 0.15) is 18.5 Å². The molecule has 1 aromatic carbocycles. The van der Waals surface area contributed by atoms with E-state index in [1.807, 2.05) is 30.6 Å². The minimum atomic E-state index is -0.226. The van der Waals surface area contributed by atoms with Crippen molar-refractivity contribution in [2.45, 2.75) is 13.0 Å². The first-order valence-electron chi connectivity index (χ1n) is 8.91. The first-order chi connectivity index (χ1) is 12.7. The van der Waals surface area contributed by atoms with Crippen LogP contribution < -0.4 is 4.90 Å². The molecule has 2 aromatic heterocycles. The summed E-state index contributed by atoms with van der Waals surface area (Å²) in [5.41, 5.74) is 3.04. The standard InChI is InChI=1S/C20H22FN5/c1-15(17-13-23-24-14-17)25-8-10-26(11-9-25)20-19(6-3-7-22-20)16-4-2-5-18(21)12-16/h2-7,12-15H,8-11H2,1H3,(H,23,24). The molecule has 3 heterocycles. The van der Waals surface area contributed by atoms with Gasteiger partial charge in [-0.25, -0.2) is 9.37 Å². The fourth-order valence-electron chi connectivity index (χ4n) is 3.55. The number of H-pyrrole nitrogens is 1. The largest absolute Gasteiger partial charge is 0.354 e. The molecule has 134 valence electrons. The molecule has 0 bridgehead atoms.